The summed E-state index contributed by atoms with van der Waals surface area (Å²) in [6.45, 7) is 13.2. The first-order valence-electron chi connectivity index (χ1n) is 21.5. The van der Waals surface area contributed by atoms with Gasteiger partial charge >= 0.3 is 0 Å². The Bertz CT molecular complexity index is 2860. The molecule has 0 aliphatic carbocycles. The Morgan fingerprint density at radius 1 is 0.590 bits per heavy atom. The van der Waals surface area contributed by atoms with Gasteiger partial charge in [-0.2, -0.15) is 0 Å². The van der Waals surface area contributed by atoms with Crippen molar-refractivity contribution in [2.75, 3.05) is 0 Å². The molecular weight excluding hydrogens is 737 g/mol. The van der Waals surface area contributed by atoms with E-state index in [4.69, 9.17) is 0 Å². The van der Waals surface area contributed by atoms with Crippen LogP contribution in [0.15, 0.2) is 201 Å². The third-order valence-corrected chi connectivity index (χ3v) is 12.0. The van der Waals surface area contributed by atoms with Gasteiger partial charge in [0, 0.05) is 25.0 Å². The Balaban J connectivity index is 1.28. The number of rotatable bonds is 13. The van der Waals surface area contributed by atoms with Gasteiger partial charge in [-0.15, -0.1) is 0 Å². The summed E-state index contributed by atoms with van der Waals surface area (Å²) in [5, 5.41) is 0. The summed E-state index contributed by atoms with van der Waals surface area (Å²) >= 11 is 0. The van der Waals surface area contributed by atoms with Crippen molar-refractivity contribution in [1.82, 2.24) is 9.55 Å². The molecular formula is C59H54N2. The standard InChI is InChI=1S/C59H54N2/c1-7-9-10-11-18-42(4)48-33-34-52(43(5)37-48)58-24-17-16-23-57(58)51-39-49(55-21-14-12-19-53(55)45-27-25-44(26-28-45)41(3)8-2)38-50(40-51)56-22-15-13-20-54(56)46-29-31-47(32-30-46)59-60-35-36-61(59)6/h7,9,11-41H,4,8,10H2,1-3,5-6H3/b9-7-,18-11-. The van der Waals surface area contributed by atoms with Crippen LogP contribution in [-0.4, -0.2) is 9.55 Å². The molecule has 0 spiro atoms. The second kappa shape index (κ2) is 18.5. The second-order valence-electron chi connectivity index (χ2n) is 16.1. The van der Waals surface area contributed by atoms with Crippen LogP contribution in [0.3, 0.4) is 0 Å². The fourth-order valence-electron chi connectivity index (χ4n) is 8.39. The Kier molecular flexibility index (Phi) is 12.3. The van der Waals surface area contributed by atoms with Crippen LogP contribution < -0.4 is 0 Å². The smallest absolute Gasteiger partial charge is 0.139 e. The lowest BCUT2D eigenvalue weighted by Crippen LogP contribution is -1.94. The molecule has 0 N–H and O–H groups in total. The molecule has 0 fully saturated rings. The van der Waals surface area contributed by atoms with Crippen LogP contribution in [0, 0.1) is 6.92 Å². The first-order chi connectivity index (χ1) is 29.8. The van der Waals surface area contributed by atoms with Gasteiger partial charge in [0.2, 0.25) is 0 Å². The maximum Gasteiger partial charge on any atom is 0.139 e. The number of benzene rings is 7. The monoisotopic (exact) mass is 790 g/mol. The molecule has 0 saturated heterocycles. The highest BCUT2D eigenvalue weighted by Crippen LogP contribution is 2.43. The minimum atomic E-state index is 0.526. The van der Waals surface area contributed by atoms with Crippen molar-refractivity contribution in [3.8, 4) is 78.1 Å². The summed E-state index contributed by atoms with van der Waals surface area (Å²) in [6, 6.07) is 58.4. The topological polar surface area (TPSA) is 17.8 Å². The maximum absolute atomic E-state index is 4.59. The zero-order chi connectivity index (χ0) is 42.3. The molecule has 2 heteroatoms. The molecule has 0 radical (unpaired) electrons. The fraction of sp³-hybridized carbons (Fsp3) is 0.136. The minimum absolute atomic E-state index is 0.526. The summed E-state index contributed by atoms with van der Waals surface area (Å²) in [7, 11) is 2.04. The van der Waals surface area contributed by atoms with Crippen LogP contribution in [0.5, 0.6) is 0 Å². The number of allylic oxidation sites excluding steroid dienone is 5. The van der Waals surface area contributed by atoms with E-state index in [9.17, 15) is 0 Å². The molecule has 0 aliphatic heterocycles. The van der Waals surface area contributed by atoms with E-state index >= 15 is 0 Å². The summed E-state index contributed by atoms with van der Waals surface area (Å²) in [5.74, 6) is 1.48. The minimum Gasteiger partial charge on any atom is -0.334 e. The van der Waals surface area contributed by atoms with E-state index in [1.807, 2.05) is 19.4 Å². The first-order valence-corrected chi connectivity index (χ1v) is 21.5. The molecule has 0 bridgehead atoms. The van der Waals surface area contributed by atoms with Gasteiger partial charge < -0.3 is 4.57 Å². The van der Waals surface area contributed by atoms with E-state index in [-0.39, 0.29) is 0 Å². The van der Waals surface area contributed by atoms with Gasteiger partial charge in [-0.3, -0.25) is 0 Å². The van der Waals surface area contributed by atoms with Gasteiger partial charge in [0.05, 0.1) is 0 Å². The van der Waals surface area contributed by atoms with Gasteiger partial charge in [0.25, 0.3) is 0 Å². The van der Waals surface area contributed by atoms with Crippen LogP contribution >= 0.6 is 0 Å². The van der Waals surface area contributed by atoms with Crippen LogP contribution in [0.2, 0.25) is 0 Å². The molecule has 300 valence electrons. The number of hydrogen-bond donors (Lipinski definition) is 0. The highest BCUT2D eigenvalue weighted by Gasteiger charge is 2.17. The molecule has 1 heterocycles. The van der Waals surface area contributed by atoms with Crippen molar-refractivity contribution >= 4 is 5.57 Å². The average Bonchev–Trinajstić information content (AvgIpc) is 3.75. The fourth-order valence-corrected chi connectivity index (χ4v) is 8.39. The van der Waals surface area contributed by atoms with Gasteiger partial charge in [-0.05, 0) is 140 Å². The molecule has 8 aromatic rings. The highest BCUT2D eigenvalue weighted by atomic mass is 15.0. The Hall–Kier alpha value is -7.03. The van der Waals surface area contributed by atoms with Crippen molar-refractivity contribution in [3.05, 3.63) is 218 Å². The molecule has 0 amide bonds. The van der Waals surface area contributed by atoms with Crippen LogP contribution in [0.25, 0.3) is 83.7 Å². The van der Waals surface area contributed by atoms with Crippen molar-refractivity contribution in [2.24, 2.45) is 7.05 Å². The number of imidazole rings is 1. The van der Waals surface area contributed by atoms with Crippen molar-refractivity contribution in [1.29, 1.82) is 0 Å². The van der Waals surface area contributed by atoms with Crippen LogP contribution in [0.1, 0.15) is 56.2 Å². The van der Waals surface area contributed by atoms with E-state index in [1.165, 1.54) is 72.3 Å². The van der Waals surface area contributed by atoms with Crippen molar-refractivity contribution < 1.29 is 0 Å². The number of aromatic nitrogens is 2. The van der Waals surface area contributed by atoms with Gasteiger partial charge in [-0.1, -0.05) is 184 Å². The molecule has 1 unspecified atom stereocenters. The zero-order valence-corrected chi connectivity index (χ0v) is 36.1. The van der Waals surface area contributed by atoms with Crippen molar-refractivity contribution in [2.45, 2.75) is 46.5 Å². The van der Waals surface area contributed by atoms with E-state index in [2.05, 4.69) is 226 Å². The molecule has 1 aromatic heterocycles. The van der Waals surface area contributed by atoms with Gasteiger partial charge in [0.1, 0.15) is 5.82 Å². The highest BCUT2D eigenvalue weighted by molar-refractivity contribution is 5.94. The van der Waals surface area contributed by atoms with Gasteiger partial charge in [0.15, 0.2) is 0 Å². The lowest BCUT2D eigenvalue weighted by molar-refractivity contribution is 0.734. The number of aryl methyl sites for hydroxylation is 2. The molecule has 61 heavy (non-hydrogen) atoms. The van der Waals surface area contributed by atoms with E-state index in [1.54, 1.807) is 0 Å². The summed E-state index contributed by atoms with van der Waals surface area (Å²) in [5.41, 5.74) is 20.2. The largest absolute Gasteiger partial charge is 0.334 e. The number of hydrogen-bond acceptors (Lipinski definition) is 1. The van der Waals surface area contributed by atoms with Crippen LogP contribution in [-0.2, 0) is 7.05 Å². The van der Waals surface area contributed by atoms with Crippen molar-refractivity contribution in [3.63, 3.8) is 0 Å². The first kappa shape index (κ1) is 40.7. The lowest BCUT2D eigenvalue weighted by atomic mass is 9.85. The lowest BCUT2D eigenvalue weighted by Gasteiger charge is -2.19. The molecule has 0 aliphatic rings. The quantitative estimate of drug-likeness (QED) is 0.0840. The summed E-state index contributed by atoms with van der Waals surface area (Å²) in [4.78, 5) is 4.59. The molecule has 8 rings (SSSR count). The third-order valence-electron chi connectivity index (χ3n) is 12.0. The Morgan fingerprint density at radius 2 is 1.08 bits per heavy atom. The molecule has 1 atom stereocenters. The van der Waals surface area contributed by atoms with E-state index in [0.29, 0.717) is 5.92 Å². The Labute approximate surface area is 363 Å². The SMILES string of the molecule is C=C(/C=C\C/C=C\C)c1ccc(-c2ccccc2-c2cc(-c3ccccc3-c3ccc(-c4nccn4C)cc3)cc(-c3ccccc3-c3ccc(C(C)CC)cc3)c2)c(C)c1. The van der Waals surface area contributed by atoms with E-state index in [0.717, 1.165) is 40.9 Å². The summed E-state index contributed by atoms with van der Waals surface area (Å²) < 4.78 is 2.06. The van der Waals surface area contributed by atoms with E-state index < -0.39 is 0 Å². The number of nitrogens with zero attached hydrogens (tertiary/aromatic N) is 2. The van der Waals surface area contributed by atoms with Crippen LogP contribution in [0.4, 0.5) is 0 Å². The third kappa shape index (κ3) is 8.81. The summed E-state index contributed by atoms with van der Waals surface area (Å²) in [6.07, 6.45) is 14.4. The molecule has 7 aromatic carbocycles. The zero-order valence-electron chi connectivity index (χ0n) is 36.1. The predicted octanol–water partition coefficient (Wildman–Crippen LogP) is 16.4. The Morgan fingerprint density at radius 3 is 1.57 bits per heavy atom. The second-order valence-corrected chi connectivity index (χ2v) is 16.1. The molecule has 0 saturated carbocycles. The average molecular weight is 791 g/mol. The maximum atomic E-state index is 4.59. The normalized spacial score (nSPS) is 12.0. The molecule has 2 nitrogen and oxygen atoms in total. The predicted molar refractivity (Wildman–Crippen MR) is 262 cm³/mol. The van der Waals surface area contributed by atoms with Gasteiger partial charge in [-0.25, -0.2) is 4.98 Å².